The number of ether oxygens (including phenoxy) is 1. The zero-order valence-corrected chi connectivity index (χ0v) is 19.5. The van der Waals surface area contributed by atoms with E-state index in [1.807, 2.05) is 12.1 Å². The van der Waals surface area contributed by atoms with Crippen LogP contribution < -0.4 is 11.1 Å². The Balaban J connectivity index is 1.92. The first-order chi connectivity index (χ1) is 16.4. The Morgan fingerprint density at radius 2 is 2.00 bits per heavy atom. The number of hydrogen-bond donors (Lipinski definition) is 3. The average Bonchev–Trinajstić information content (AvgIpc) is 2.85. The zero-order valence-electron chi connectivity index (χ0n) is 18.7. The van der Waals surface area contributed by atoms with Crippen molar-refractivity contribution in [1.82, 2.24) is 0 Å². The molecule has 1 heterocycles. The van der Waals surface area contributed by atoms with Gasteiger partial charge >= 0.3 is 0 Å². The highest BCUT2D eigenvalue weighted by atomic mass is 35.5. The summed E-state index contributed by atoms with van der Waals surface area (Å²) in [5.74, 6) is -1.37. The molecule has 1 aliphatic rings. The molecule has 182 valence electrons. The number of anilines is 1. The Morgan fingerprint density at radius 3 is 2.65 bits per heavy atom. The first-order valence-electron chi connectivity index (χ1n) is 11.3. The SMILES string of the molecule is [N-]=[N+]=N[C@@H](C(=O)Nc1cccc(F)c1CC[C@H](N)CO)[C@@H](c1ccc(Cl)cc1)C1CCOCC1. The van der Waals surface area contributed by atoms with Crippen molar-refractivity contribution in [1.29, 1.82) is 0 Å². The summed E-state index contributed by atoms with van der Waals surface area (Å²) in [4.78, 5) is 16.4. The number of nitrogens with zero attached hydrogens (tertiary/aromatic N) is 3. The first-order valence-corrected chi connectivity index (χ1v) is 11.6. The van der Waals surface area contributed by atoms with Crippen LogP contribution in [0.5, 0.6) is 0 Å². The lowest BCUT2D eigenvalue weighted by molar-refractivity contribution is -0.118. The summed E-state index contributed by atoms with van der Waals surface area (Å²) in [6.07, 6.45) is 2.00. The molecule has 1 fully saturated rings. The number of aliphatic hydroxyl groups is 1. The normalized spacial score (nSPS) is 16.8. The summed E-state index contributed by atoms with van der Waals surface area (Å²) in [5, 5.41) is 16.4. The number of azide groups is 1. The van der Waals surface area contributed by atoms with Crippen molar-refractivity contribution < 1.29 is 19.0 Å². The molecule has 4 N–H and O–H groups in total. The predicted octanol–water partition coefficient (Wildman–Crippen LogP) is 4.56. The second-order valence-corrected chi connectivity index (χ2v) is 8.85. The van der Waals surface area contributed by atoms with Gasteiger partial charge in [0, 0.05) is 46.4 Å². The summed E-state index contributed by atoms with van der Waals surface area (Å²) in [7, 11) is 0. The van der Waals surface area contributed by atoms with Crippen LogP contribution in [0.25, 0.3) is 10.4 Å². The molecule has 10 heteroatoms. The molecule has 2 aromatic carbocycles. The van der Waals surface area contributed by atoms with E-state index in [0.29, 0.717) is 37.5 Å². The molecule has 0 bridgehead atoms. The third kappa shape index (κ3) is 6.68. The molecule has 0 unspecified atom stereocenters. The minimum Gasteiger partial charge on any atom is -0.395 e. The first kappa shape index (κ1) is 25.9. The molecule has 0 aromatic heterocycles. The van der Waals surface area contributed by atoms with Gasteiger partial charge in [-0.25, -0.2) is 4.39 Å². The van der Waals surface area contributed by atoms with E-state index in [0.717, 1.165) is 5.56 Å². The van der Waals surface area contributed by atoms with Gasteiger partial charge < -0.3 is 20.9 Å². The molecule has 1 amide bonds. The monoisotopic (exact) mass is 489 g/mol. The summed E-state index contributed by atoms with van der Waals surface area (Å²) >= 11 is 6.07. The lowest BCUT2D eigenvalue weighted by Crippen LogP contribution is -2.37. The van der Waals surface area contributed by atoms with Crippen molar-refractivity contribution in [3.63, 3.8) is 0 Å². The Labute approximate surface area is 202 Å². The minimum atomic E-state index is -1.06. The van der Waals surface area contributed by atoms with Gasteiger partial charge in [-0.05, 0) is 67.0 Å². The molecular formula is C24H29ClFN5O3. The third-order valence-electron chi connectivity index (χ3n) is 6.19. The number of benzene rings is 2. The van der Waals surface area contributed by atoms with E-state index in [-0.39, 0.29) is 30.2 Å². The number of rotatable bonds is 10. The zero-order chi connectivity index (χ0) is 24.5. The highest BCUT2D eigenvalue weighted by molar-refractivity contribution is 6.30. The van der Waals surface area contributed by atoms with Crippen LogP contribution in [0.4, 0.5) is 10.1 Å². The molecule has 0 spiro atoms. The van der Waals surface area contributed by atoms with Gasteiger partial charge in [0.2, 0.25) is 5.91 Å². The van der Waals surface area contributed by atoms with Crippen molar-refractivity contribution in [3.8, 4) is 0 Å². The van der Waals surface area contributed by atoms with Gasteiger partial charge in [0.05, 0.1) is 6.61 Å². The van der Waals surface area contributed by atoms with E-state index in [9.17, 15) is 19.8 Å². The number of nitrogens with one attached hydrogen (secondary N) is 1. The molecule has 1 saturated heterocycles. The average molecular weight is 490 g/mol. The molecule has 0 saturated carbocycles. The van der Waals surface area contributed by atoms with Crippen molar-refractivity contribution in [3.05, 3.63) is 74.9 Å². The molecule has 3 atom stereocenters. The van der Waals surface area contributed by atoms with Crippen LogP contribution in [-0.2, 0) is 16.0 Å². The van der Waals surface area contributed by atoms with Crippen LogP contribution in [-0.4, -0.2) is 42.9 Å². The maximum atomic E-state index is 14.6. The van der Waals surface area contributed by atoms with Gasteiger partial charge in [-0.2, -0.15) is 0 Å². The summed E-state index contributed by atoms with van der Waals surface area (Å²) in [6, 6.07) is 9.98. The van der Waals surface area contributed by atoms with Gasteiger partial charge in [-0.3, -0.25) is 4.79 Å². The fourth-order valence-electron chi connectivity index (χ4n) is 4.37. The summed E-state index contributed by atoms with van der Waals surface area (Å²) < 4.78 is 20.1. The van der Waals surface area contributed by atoms with E-state index in [4.69, 9.17) is 22.1 Å². The fraction of sp³-hybridized carbons (Fsp3) is 0.458. The predicted molar refractivity (Wildman–Crippen MR) is 129 cm³/mol. The van der Waals surface area contributed by atoms with Gasteiger partial charge in [-0.1, -0.05) is 34.9 Å². The van der Waals surface area contributed by atoms with Crippen LogP contribution in [0.15, 0.2) is 47.6 Å². The highest BCUT2D eigenvalue weighted by Crippen LogP contribution is 2.37. The van der Waals surface area contributed by atoms with Crippen molar-refractivity contribution in [2.24, 2.45) is 16.8 Å². The highest BCUT2D eigenvalue weighted by Gasteiger charge is 2.36. The quantitative estimate of drug-likeness (QED) is 0.256. The standard InChI is InChI=1S/C24H29ClFN5O3/c25-17-6-4-15(5-7-17)22(16-10-12-34-13-11-16)23(30-31-28)24(33)29-21-3-1-2-20(26)19(21)9-8-18(27)14-32/h1-7,16,18,22-23,32H,8-14,27H2,(H,29,33)/t18-,22-,23+/m0/s1. The molecular weight excluding hydrogens is 461 g/mol. The molecule has 1 aliphatic heterocycles. The number of amides is 1. The number of carbonyl (C=O) groups is 1. The number of hydrogen-bond acceptors (Lipinski definition) is 5. The smallest absolute Gasteiger partial charge is 0.234 e. The summed E-state index contributed by atoms with van der Waals surface area (Å²) in [5.41, 5.74) is 16.5. The summed E-state index contributed by atoms with van der Waals surface area (Å²) in [6.45, 7) is 0.889. The Kier molecular flexibility index (Phi) is 9.68. The van der Waals surface area contributed by atoms with E-state index in [2.05, 4.69) is 15.3 Å². The Hall–Kier alpha value is -2.68. The molecule has 0 aliphatic carbocycles. The van der Waals surface area contributed by atoms with Crippen LogP contribution in [0, 0.1) is 11.7 Å². The van der Waals surface area contributed by atoms with Crippen molar-refractivity contribution in [2.45, 2.75) is 43.7 Å². The lowest BCUT2D eigenvalue weighted by Gasteiger charge is -2.34. The van der Waals surface area contributed by atoms with Gasteiger partial charge in [0.1, 0.15) is 11.9 Å². The second-order valence-electron chi connectivity index (χ2n) is 8.41. The second kappa shape index (κ2) is 12.7. The molecule has 34 heavy (non-hydrogen) atoms. The lowest BCUT2D eigenvalue weighted by atomic mass is 9.76. The topological polar surface area (TPSA) is 133 Å². The van der Waals surface area contributed by atoms with Crippen molar-refractivity contribution >= 4 is 23.2 Å². The minimum absolute atomic E-state index is 0.0470. The van der Waals surface area contributed by atoms with E-state index < -0.39 is 29.7 Å². The molecule has 2 aromatic rings. The largest absolute Gasteiger partial charge is 0.395 e. The molecule has 3 rings (SSSR count). The van der Waals surface area contributed by atoms with Crippen molar-refractivity contribution in [2.75, 3.05) is 25.1 Å². The number of carbonyl (C=O) groups excluding carboxylic acids is 1. The number of halogens is 2. The Morgan fingerprint density at radius 1 is 1.29 bits per heavy atom. The van der Waals surface area contributed by atoms with E-state index >= 15 is 0 Å². The van der Waals surface area contributed by atoms with E-state index in [1.54, 1.807) is 18.2 Å². The van der Waals surface area contributed by atoms with Gasteiger partial charge in [0.25, 0.3) is 0 Å². The van der Waals surface area contributed by atoms with Crippen LogP contribution in [0.2, 0.25) is 5.02 Å². The van der Waals surface area contributed by atoms with Gasteiger partial charge in [-0.15, -0.1) is 0 Å². The third-order valence-corrected chi connectivity index (χ3v) is 6.44. The number of aliphatic hydroxyl groups excluding tert-OH is 1. The fourth-order valence-corrected chi connectivity index (χ4v) is 4.50. The molecule has 0 radical (unpaired) electrons. The van der Waals surface area contributed by atoms with Crippen LogP contribution in [0.3, 0.4) is 0 Å². The molecule has 8 nitrogen and oxygen atoms in total. The maximum Gasteiger partial charge on any atom is 0.234 e. The Bertz CT molecular complexity index is 1010. The number of nitrogens with two attached hydrogens (primary N) is 1. The van der Waals surface area contributed by atoms with Crippen LogP contribution >= 0.6 is 11.6 Å². The van der Waals surface area contributed by atoms with Gasteiger partial charge in [0.15, 0.2) is 0 Å². The van der Waals surface area contributed by atoms with E-state index in [1.165, 1.54) is 12.1 Å². The van der Waals surface area contributed by atoms with Crippen LogP contribution in [0.1, 0.15) is 36.3 Å². The maximum absolute atomic E-state index is 14.6.